The van der Waals surface area contributed by atoms with Crippen LogP contribution in [0.2, 0.25) is 0 Å². The number of guanidine groups is 1. The normalized spacial score (nSPS) is 10.9. The number of hydrogen-bond acceptors (Lipinski definition) is 4. The van der Waals surface area contributed by atoms with Gasteiger partial charge in [-0.15, -0.1) is 24.0 Å². The number of halogens is 1. The zero-order valence-corrected chi connectivity index (χ0v) is 18.5. The van der Waals surface area contributed by atoms with Crippen LogP contribution >= 0.6 is 35.7 Å². The van der Waals surface area contributed by atoms with Gasteiger partial charge in [-0.1, -0.05) is 6.07 Å². The van der Waals surface area contributed by atoms with E-state index in [-0.39, 0.29) is 24.0 Å². The van der Waals surface area contributed by atoms with E-state index in [0.717, 1.165) is 43.5 Å². The molecule has 0 aliphatic carbocycles. The van der Waals surface area contributed by atoms with Crippen LogP contribution in [0.15, 0.2) is 23.3 Å². The second-order valence-electron chi connectivity index (χ2n) is 5.25. The van der Waals surface area contributed by atoms with Crippen molar-refractivity contribution in [2.75, 3.05) is 43.6 Å². The predicted octanol–water partition coefficient (Wildman–Crippen LogP) is 3.35. The Morgan fingerprint density at radius 1 is 1.21 bits per heavy atom. The molecular weight excluding hydrogens is 433 g/mol. The molecule has 138 valence electrons. The van der Waals surface area contributed by atoms with Crippen molar-refractivity contribution >= 4 is 47.5 Å². The Labute approximate surface area is 168 Å². The first-order valence-electron chi connectivity index (χ1n) is 8.38. The minimum absolute atomic E-state index is 0. The Morgan fingerprint density at radius 2 is 1.96 bits per heavy atom. The van der Waals surface area contributed by atoms with Gasteiger partial charge in [-0.2, -0.15) is 11.8 Å². The van der Waals surface area contributed by atoms with E-state index in [0.29, 0.717) is 0 Å². The minimum Gasteiger partial charge on any atom is -0.357 e. The Balaban J connectivity index is 0.00000529. The van der Waals surface area contributed by atoms with E-state index in [9.17, 15) is 0 Å². The lowest BCUT2D eigenvalue weighted by atomic mass is 10.2. The summed E-state index contributed by atoms with van der Waals surface area (Å²) in [6, 6.07) is 4.21. The van der Waals surface area contributed by atoms with E-state index in [4.69, 9.17) is 0 Å². The largest absolute Gasteiger partial charge is 0.357 e. The number of aromatic nitrogens is 1. The molecule has 0 bridgehead atoms. The number of unbranched alkanes of at least 4 members (excludes halogenated alkanes) is 1. The molecule has 7 heteroatoms. The van der Waals surface area contributed by atoms with Gasteiger partial charge in [0.25, 0.3) is 0 Å². The lowest BCUT2D eigenvalue weighted by molar-refractivity contribution is 0.732. The van der Waals surface area contributed by atoms with Gasteiger partial charge in [0.2, 0.25) is 0 Å². The summed E-state index contributed by atoms with van der Waals surface area (Å²) in [7, 11) is 1.80. The summed E-state index contributed by atoms with van der Waals surface area (Å²) in [5.41, 5.74) is 1.16. The molecule has 1 aromatic rings. The van der Waals surface area contributed by atoms with Crippen molar-refractivity contribution in [3.8, 4) is 0 Å². The molecule has 0 amide bonds. The molecule has 1 rings (SSSR count). The molecule has 0 aromatic carbocycles. The summed E-state index contributed by atoms with van der Waals surface area (Å²) < 4.78 is 0. The van der Waals surface area contributed by atoms with E-state index in [1.54, 1.807) is 7.05 Å². The van der Waals surface area contributed by atoms with Crippen LogP contribution in [0, 0.1) is 0 Å². The van der Waals surface area contributed by atoms with Gasteiger partial charge < -0.3 is 15.5 Å². The van der Waals surface area contributed by atoms with Gasteiger partial charge in [-0.3, -0.25) is 4.99 Å². The molecule has 1 heterocycles. The Hall–Kier alpha value is -0.700. The van der Waals surface area contributed by atoms with Gasteiger partial charge in [0.15, 0.2) is 5.96 Å². The highest BCUT2D eigenvalue weighted by Gasteiger charge is 2.03. The number of pyridine rings is 1. The van der Waals surface area contributed by atoms with E-state index < -0.39 is 0 Å². The summed E-state index contributed by atoms with van der Waals surface area (Å²) in [4.78, 5) is 11.0. The molecule has 0 fully saturated rings. The molecule has 0 aliphatic heterocycles. The number of rotatable bonds is 10. The third kappa shape index (κ3) is 8.96. The molecule has 0 saturated carbocycles. The van der Waals surface area contributed by atoms with E-state index >= 15 is 0 Å². The second kappa shape index (κ2) is 14.6. The van der Waals surface area contributed by atoms with Crippen molar-refractivity contribution in [1.29, 1.82) is 0 Å². The van der Waals surface area contributed by atoms with Gasteiger partial charge in [0, 0.05) is 39.4 Å². The monoisotopic (exact) mass is 465 g/mol. The number of thioether (sulfide) groups is 1. The molecule has 24 heavy (non-hydrogen) atoms. The Kier molecular flexibility index (Phi) is 14.2. The van der Waals surface area contributed by atoms with E-state index in [2.05, 4.69) is 57.7 Å². The minimum atomic E-state index is 0. The topological polar surface area (TPSA) is 52.5 Å². The number of aliphatic imine (C=N–C) groups is 1. The summed E-state index contributed by atoms with van der Waals surface area (Å²) in [6.07, 6.45) is 6.49. The summed E-state index contributed by atoms with van der Waals surface area (Å²) in [5.74, 6) is 3.11. The molecule has 1 aromatic heterocycles. The quantitative estimate of drug-likeness (QED) is 0.240. The third-order valence-corrected chi connectivity index (χ3v) is 4.34. The van der Waals surface area contributed by atoms with Crippen LogP contribution in [0.4, 0.5) is 5.82 Å². The highest BCUT2D eigenvalue weighted by Crippen LogP contribution is 2.10. The molecule has 0 radical (unpaired) electrons. The number of anilines is 1. The summed E-state index contributed by atoms with van der Waals surface area (Å²) in [6.45, 7) is 7.95. The van der Waals surface area contributed by atoms with Crippen molar-refractivity contribution in [3.63, 3.8) is 0 Å². The standard InChI is InChI=1S/C17H31N5S.HI/c1-5-22(6-2)16-10-9-15(13-20-16)14-21-17(18-3)19-11-7-8-12-23-4;/h9-10,13H,5-8,11-12,14H2,1-4H3,(H2,18,19,21);1H. The average Bonchev–Trinajstić information content (AvgIpc) is 2.59. The van der Waals surface area contributed by atoms with Crippen LogP contribution in [0.3, 0.4) is 0 Å². The molecule has 5 nitrogen and oxygen atoms in total. The number of hydrogen-bond donors (Lipinski definition) is 2. The fourth-order valence-electron chi connectivity index (χ4n) is 2.24. The van der Waals surface area contributed by atoms with Crippen LogP contribution in [0.5, 0.6) is 0 Å². The summed E-state index contributed by atoms with van der Waals surface area (Å²) >= 11 is 1.90. The van der Waals surface area contributed by atoms with Crippen LogP contribution in [-0.2, 0) is 6.54 Å². The highest BCUT2D eigenvalue weighted by atomic mass is 127. The van der Waals surface area contributed by atoms with Crippen molar-refractivity contribution < 1.29 is 0 Å². The fourth-order valence-corrected chi connectivity index (χ4v) is 2.73. The molecule has 2 N–H and O–H groups in total. The van der Waals surface area contributed by atoms with Gasteiger partial charge >= 0.3 is 0 Å². The molecule has 0 spiro atoms. The lowest BCUT2D eigenvalue weighted by Gasteiger charge is -2.19. The number of nitrogens with zero attached hydrogens (tertiary/aromatic N) is 3. The maximum atomic E-state index is 4.54. The zero-order chi connectivity index (χ0) is 16.9. The Bertz CT molecular complexity index is 449. The van der Waals surface area contributed by atoms with Crippen molar-refractivity contribution in [2.24, 2.45) is 4.99 Å². The van der Waals surface area contributed by atoms with Crippen molar-refractivity contribution in [3.05, 3.63) is 23.9 Å². The van der Waals surface area contributed by atoms with E-state index in [1.807, 2.05) is 18.0 Å². The maximum absolute atomic E-state index is 4.54. The first kappa shape index (κ1) is 23.3. The molecular formula is C17H32IN5S. The van der Waals surface area contributed by atoms with Gasteiger partial charge in [0.1, 0.15) is 5.82 Å². The molecule has 0 atom stereocenters. The number of nitrogens with one attached hydrogen (secondary N) is 2. The Morgan fingerprint density at radius 3 is 2.50 bits per heavy atom. The highest BCUT2D eigenvalue weighted by molar-refractivity contribution is 14.0. The SMILES string of the molecule is CCN(CC)c1ccc(CNC(=NC)NCCCCSC)cn1.I. The van der Waals surface area contributed by atoms with Gasteiger partial charge in [-0.25, -0.2) is 4.98 Å². The second-order valence-corrected chi connectivity index (χ2v) is 6.23. The molecule has 0 aliphatic rings. The van der Waals surface area contributed by atoms with Crippen LogP contribution in [0.1, 0.15) is 32.3 Å². The predicted molar refractivity (Wildman–Crippen MR) is 119 cm³/mol. The molecule has 0 saturated heterocycles. The summed E-state index contributed by atoms with van der Waals surface area (Å²) in [5, 5.41) is 6.68. The first-order chi connectivity index (χ1) is 11.2. The molecule has 0 unspecified atom stereocenters. The third-order valence-electron chi connectivity index (χ3n) is 3.65. The van der Waals surface area contributed by atoms with Crippen molar-refractivity contribution in [1.82, 2.24) is 15.6 Å². The van der Waals surface area contributed by atoms with Crippen molar-refractivity contribution in [2.45, 2.75) is 33.2 Å². The van der Waals surface area contributed by atoms with Crippen LogP contribution in [-0.4, -0.2) is 49.6 Å². The first-order valence-corrected chi connectivity index (χ1v) is 9.77. The smallest absolute Gasteiger partial charge is 0.191 e. The average molecular weight is 465 g/mol. The maximum Gasteiger partial charge on any atom is 0.191 e. The van der Waals surface area contributed by atoms with E-state index in [1.165, 1.54) is 18.6 Å². The van der Waals surface area contributed by atoms with Gasteiger partial charge in [0.05, 0.1) is 0 Å². The van der Waals surface area contributed by atoms with Gasteiger partial charge in [-0.05, 0) is 50.3 Å². The fraction of sp³-hybridized carbons (Fsp3) is 0.647. The zero-order valence-electron chi connectivity index (χ0n) is 15.3. The van der Waals surface area contributed by atoms with Crippen LogP contribution in [0.25, 0.3) is 0 Å². The van der Waals surface area contributed by atoms with Crippen LogP contribution < -0.4 is 15.5 Å². The lowest BCUT2D eigenvalue weighted by Crippen LogP contribution is -2.37.